The zero-order valence-electron chi connectivity index (χ0n) is 24.1. The van der Waals surface area contributed by atoms with Gasteiger partial charge in [0.15, 0.2) is 17.5 Å². The van der Waals surface area contributed by atoms with Crippen LogP contribution in [0.1, 0.15) is 39.3 Å². The molecule has 0 fully saturated rings. The number of sulfone groups is 1. The minimum atomic E-state index is -3.84. The van der Waals surface area contributed by atoms with E-state index in [0.717, 1.165) is 31.1 Å². The molecule has 0 atom stereocenters. The lowest BCUT2D eigenvalue weighted by molar-refractivity contribution is -0.697. The number of aryl methyl sites for hydroxylation is 1. The molecule has 2 aromatic heterocycles. The van der Waals surface area contributed by atoms with E-state index in [9.17, 15) is 22.8 Å². The summed E-state index contributed by atoms with van der Waals surface area (Å²) < 4.78 is 28.5. The maximum atomic E-state index is 13.2. The van der Waals surface area contributed by atoms with Crippen LogP contribution in [0.5, 0.6) is 0 Å². The molecular formula is C34H30N3O5S3+. The molecule has 2 N–H and O–H groups in total. The second-order valence-electron chi connectivity index (χ2n) is 9.98. The van der Waals surface area contributed by atoms with Gasteiger partial charge in [-0.05, 0) is 78.5 Å². The van der Waals surface area contributed by atoms with Crippen molar-refractivity contribution in [1.29, 1.82) is 0 Å². The third-order valence-electron chi connectivity index (χ3n) is 6.77. The van der Waals surface area contributed by atoms with Crippen LogP contribution in [0, 0.1) is 0 Å². The Balaban J connectivity index is 1.16. The van der Waals surface area contributed by atoms with E-state index in [2.05, 4.69) is 15.2 Å². The summed E-state index contributed by atoms with van der Waals surface area (Å²) in [6.45, 7) is 0.833. The van der Waals surface area contributed by atoms with Gasteiger partial charge in [-0.2, -0.15) is 0 Å². The van der Waals surface area contributed by atoms with Crippen LogP contribution in [0.2, 0.25) is 0 Å². The van der Waals surface area contributed by atoms with Crippen molar-refractivity contribution in [2.24, 2.45) is 0 Å². The van der Waals surface area contributed by atoms with Crippen molar-refractivity contribution >= 4 is 61.2 Å². The number of amides is 2. The van der Waals surface area contributed by atoms with Crippen LogP contribution in [-0.2, 0) is 21.2 Å². The molecule has 5 aromatic rings. The van der Waals surface area contributed by atoms with Crippen LogP contribution in [0.4, 0.5) is 11.4 Å². The van der Waals surface area contributed by atoms with Crippen LogP contribution in [0.25, 0.3) is 0 Å². The van der Waals surface area contributed by atoms with Gasteiger partial charge in [-0.15, -0.1) is 11.3 Å². The lowest BCUT2D eigenvalue weighted by Gasteiger charge is -2.11. The first kappa shape index (κ1) is 31.8. The summed E-state index contributed by atoms with van der Waals surface area (Å²) in [5, 5.41) is 7.34. The first-order chi connectivity index (χ1) is 21.8. The fourth-order valence-corrected chi connectivity index (χ4v) is 7.22. The van der Waals surface area contributed by atoms with Crippen LogP contribution in [0.15, 0.2) is 136 Å². The number of hydrogen-bond donors (Lipinski definition) is 2. The minimum Gasteiger partial charge on any atom is -0.322 e. The quantitative estimate of drug-likeness (QED) is 0.0862. The summed E-state index contributed by atoms with van der Waals surface area (Å²) in [7, 11) is -3.84. The maximum absolute atomic E-state index is 13.2. The number of unbranched alkanes of at least 4 members (excludes halogenated alkanes) is 1. The molecule has 0 aliphatic heterocycles. The number of rotatable bonds is 12. The van der Waals surface area contributed by atoms with E-state index in [0.29, 0.717) is 33.1 Å². The molecule has 228 valence electrons. The number of carbonyl (C=O) groups excluding carboxylic acids is 3. The molecule has 0 aliphatic carbocycles. The number of thioether (sulfide) groups is 1. The molecule has 2 amide bonds. The number of anilines is 2. The second kappa shape index (κ2) is 14.9. The molecule has 0 saturated heterocycles. The highest BCUT2D eigenvalue weighted by atomic mass is 32.2. The summed E-state index contributed by atoms with van der Waals surface area (Å²) in [6.07, 6.45) is 6.00. The predicted octanol–water partition coefficient (Wildman–Crippen LogP) is 6.86. The fraction of sp³-hybridized carbons (Fsp3) is 0.118. The zero-order chi connectivity index (χ0) is 31.6. The first-order valence-electron chi connectivity index (χ1n) is 14.1. The summed E-state index contributed by atoms with van der Waals surface area (Å²) in [5.74, 6) is -0.665. The third-order valence-corrected chi connectivity index (χ3v) is 10.4. The number of carbonyl (C=O) groups is 3. The van der Waals surface area contributed by atoms with E-state index in [4.69, 9.17) is 0 Å². The number of aromatic nitrogens is 1. The number of nitrogens with zero attached hydrogens (tertiary/aromatic N) is 1. The van der Waals surface area contributed by atoms with Gasteiger partial charge in [-0.25, -0.2) is 13.0 Å². The van der Waals surface area contributed by atoms with Gasteiger partial charge in [0, 0.05) is 41.2 Å². The molecule has 0 bridgehead atoms. The van der Waals surface area contributed by atoms with Gasteiger partial charge in [-0.3, -0.25) is 14.4 Å². The van der Waals surface area contributed by atoms with Gasteiger partial charge >= 0.3 is 0 Å². The number of thiophene rings is 1. The van der Waals surface area contributed by atoms with Crippen molar-refractivity contribution in [3.63, 3.8) is 0 Å². The van der Waals surface area contributed by atoms with Crippen molar-refractivity contribution in [1.82, 2.24) is 0 Å². The van der Waals surface area contributed by atoms with Crippen LogP contribution in [0.3, 0.4) is 0 Å². The Morgan fingerprint density at radius 1 is 0.689 bits per heavy atom. The number of pyridine rings is 1. The van der Waals surface area contributed by atoms with E-state index in [1.807, 2.05) is 30.6 Å². The topological polar surface area (TPSA) is 113 Å². The van der Waals surface area contributed by atoms with Crippen LogP contribution < -0.4 is 15.2 Å². The molecular weight excluding hydrogens is 627 g/mol. The average Bonchev–Trinajstić information content (AvgIpc) is 3.60. The van der Waals surface area contributed by atoms with Crippen LogP contribution in [-0.4, -0.2) is 25.3 Å². The smallest absolute Gasteiger partial charge is 0.265 e. The summed E-state index contributed by atoms with van der Waals surface area (Å²) in [6, 6.07) is 28.1. The summed E-state index contributed by atoms with van der Waals surface area (Å²) in [4.78, 5) is 39.3. The monoisotopic (exact) mass is 656 g/mol. The Bertz CT molecular complexity index is 1880. The van der Waals surface area contributed by atoms with Gasteiger partial charge < -0.3 is 10.6 Å². The lowest BCUT2D eigenvalue weighted by Crippen LogP contribution is -2.32. The molecule has 0 spiro atoms. The number of nitrogens with one attached hydrogen (secondary N) is 2. The number of hydrogen-bond acceptors (Lipinski definition) is 7. The Hall–Kier alpha value is -4.58. The van der Waals surface area contributed by atoms with Crippen molar-refractivity contribution in [3.8, 4) is 0 Å². The largest absolute Gasteiger partial charge is 0.322 e. The molecule has 0 saturated carbocycles. The normalized spacial score (nSPS) is 11.1. The Morgan fingerprint density at radius 3 is 1.93 bits per heavy atom. The highest BCUT2D eigenvalue weighted by Gasteiger charge is 2.19. The van der Waals surface area contributed by atoms with Gasteiger partial charge in [0.2, 0.25) is 9.84 Å². The molecule has 3 aromatic carbocycles. The van der Waals surface area contributed by atoms with Gasteiger partial charge in [-0.1, -0.05) is 36.0 Å². The Morgan fingerprint density at radius 2 is 1.31 bits per heavy atom. The zero-order valence-corrected chi connectivity index (χ0v) is 26.5. The molecule has 0 radical (unpaired) electrons. The van der Waals surface area contributed by atoms with E-state index in [1.54, 1.807) is 41.8 Å². The van der Waals surface area contributed by atoms with E-state index >= 15 is 0 Å². The second-order valence-corrected chi connectivity index (χ2v) is 14.0. The van der Waals surface area contributed by atoms with E-state index < -0.39 is 15.7 Å². The van der Waals surface area contributed by atoms with Crippen molar-refractivity contribution in [3.05, 3.63) is 131 Å². The molecule has 2 heterocycles. The van der Waals surface area contributed by atoms with Crippen LogP contribution >= 0.6 is 23.1 Å². The lowest BCUT2D eigenvalue weighted by atomic mass is 10.2. The van der Waals surface area contributed by atoms with Crippen molar-refractivity contribution < 1.29 is 27.4 Å². The molecule has 5 rings (SSSR count). The van der Waals surface area contributed by atoms with Crippen molar-refractivity contribution in [2.75, 3.05) is 10.6 Å². The molecule has 8 nitrogen and oxygen atoms in total. The first-order valence-corrected chi connectivity index (χ1v) is 17.3. The number of benzene rings is 3. The SMILES string of the molecule is O=C(CCCC[n+]1ccccc1)Sc1ccccc1C(=O)Nc1ccc(S(=O)(=O)c2ccc(NC(=O)c3cccs3)cc2)cc1. The van der Waals surface area contributed by atoms with E-state index in [-0.39, 0.29) is 20.8 Å². The molecule has 0 aliphatic rings. The fourth-order valence-electron chi connectivity index (χ4n) is 4.43. The maximum Gasteiger partial charge on any atom is 0.265 e. The Kier molecular flexibility index (Phi) is 10.6. The minimum absolute atomic E-state index is 0.0132. The third kappa shape index (κ3) is 8.53. The predicted molar refractivity (Wildman–Crippen MR) is 176 cm³/mol. The summed E-state index contributed by atoms with van der Waals surface area (Å²) in [5.41, 5.74) is 1.25. The summed E-state index contributed by atoms with van der Waals surface area (Å²) >= 11 is 2.37. The average molecular weight is 657 g/mol. The molecule has 0 unspecified atom stereocenters. The Labute approximate surface area is 270 Å². The highest BCUT2D eigenvalue weighted by molar-refractivity contribution is 8.13. The van der Waals surface area contributed by atoms with Gasteiger partial charge in [0.25, 0.3) is 11.8 Å². The standard InChI is InChI=1S/C34H29N3O5S3/c38-32(12-4-7-23-37-21-5-1-6-22-37)44-30-10-3-2-9-29(30)33(39)35-25-13-17-27(18-14-25)45(41,42)28-19-15-26(16-20-28)36-34(40)31-11-8-24-43-31/h1-3,5-6,8-11,13-22,24H,4,7,12,23H2,(H-,35,36,39,40)/p+1. The van der Waals surface area contributed by atoms with Gasteiger partial charge in [0.1, 0.15) is 6.54 Å². The van der Waals surface area contributed by atoms with E-state index in [1.165, 1.54) is 59.9 Å². The molecule has 11 heteroatoms. The van der Waals surface area contributed by atoms with Crippen molar-refractivity contribution in [2.45, 2.75) is 40.5 Å². The van der Waals surface area contributed by atoms with Gasteiger partial charge in [0.05, 0.1) is 20.2 Å². The molecule has 45 heavy (non-hydrogen) atoms. The highest BCUT2D eigenvalue weighted by Crippen LogP contribution is 2.27.